The van der Waals surface area contributed by atoms with E-state index in [1.54, 1.807) is 0 Å². The third kappa shape index (κ3) is 5.54. The van der Waals surface area contributed by atoms with Crippen LogP contribution in [-0.2, 0) is 8.85 Å². The minimum Gasteiger partial charge on any atom is -0.394 e. The van der Waals surface area contributed by atoms with Crippen LogP contribution in [0.25, 0.3) is 0 Å². The van der Waals surface area contributed by atoms with E-state index in [1.165, 1.54) is 12.8 Å². The van der Waals surface area contributed by atoms with Gasteiger partial charge in [-0.2, -0.15) is 0 Å². The molecule has 0 amide bonds. The quantitative estimate of drug-likeness (QED) is 0.411. The fourth-order valence-electron chi connectivity index (χ4n) is 2.13. The largest absolute Gasteiger partial charge is 0.394 e. The molecule has 104 valence electrons. The molecular weight excluding hydrogens is 228 g/mol. The van der Waals surface area contributed by atoms with E-state index in [9.17, 15) is 0 Å². The van der Waals surface area contributed by atoms with Crippen LogP contribution in [0.3, 0.4) is 0 Å². The molecule has 0 aliphatic rings. The van der Waals surface area contributed by atoms with Crippen molar-refractivity contribution in [2.75, 3.05) is 13.2 Å². The first-order valence-corrected chi connectivity index (χ1v) is 9.26. The standard InChI is InChI=1S/C14H32O2Si/c1-7-9-11-15-17(13(3)4,14(5)6)16-12-10-8-2/h13-14H,7-12H2,1-6H3. The molecule has 0 atom stereocenters. The van der Waals surface area contributed by atoms with Crippen LogP contribution in [0.5, 0.6) is 0 Å². The van der Waals surface area contributed by atoms with Gasteiger partial charge in [0.1, 0.15) is 0 Å². The average molecular weight is 260 g/mol. The van der Waals surface area contributed by atoms with Crippen LogP contribution < -0.4 is 0 Å². The molecule has 0 rings (SSSR count). The van der Waals surface area contributed by atoms with Crippen molar-refractivity contribution in [3.8, 4) is 0 Å². The molecule has 0 heterocycles. The lowest BCUT2D eigenvalue weighted by Gasteiger charge is -2.37. The van der Waals surface area contributed by atoms with Gasteiger partial charge in [-0.25, -0.2) is 0 Å². The Labute approximate surface area is 109 Å². The Balaban J connectivity index is 4.50. The maximum Gasteiger partial charge on any atom is 0.343 e. The van der Waals surface area contributed by atoms with Crippen LogP contribution in [0.15, 0.2) is 0 Å². The Bertz CT molecular complexity index is 161. The van der Waals surface area contributed by atoms with Crippen molar-refractivity contribution in [1.82, 2.24) is 0 Å². The van der Waals surface area contributed by atoms with E-state index in [-0.39, 0.29) is 0 Å². The molecule has 0 saturated heterocycles. The Kier molecular flexibility index (Phi) is 9.19. The lowest BCUT2D eigenvalue weighted by atomic mass is 10.4. The highest BCUT2D eigenvalue weighted by Gasteiger charge is 2.44. The van der Waals surface area contributed by atoms with Gasteiger partial charge in [0.15, 0.2) is 0 Å². The van der Waals surface area contributed by atoms with Gasteiger partial charge in [-0.1, -0.05) is 54.4 Å². The number of hydrogen-bond acceptors (Lipinski definition) is 2. The first kappa shape index (κ1) is 17.1. The van der Waals surface area contributed by atoms with Gasteiger partial charge in [0.25, 0.3) is 0 Å². The van der Waals surface area contributed by atoms with E-state index in [2.05, 4.69) is 41.5 Å². The van der Waals surface area contributed by atoms with Crippen LogP contribution in [0.2, 0.25) is 11.1 Å². The van der Waals surface area contributed by atoms with Gasteiger partial charge in [-0.3, -0.25) is 0 Å². The molecule has 0 N–H and O–H groups in total. The summed E-state index contributed by atoms with van der Waals surface area (Å²) in [5, 5.41) is 0. The molecule has 0 unspecified atom stereocenters. The zero-order chi connectivity index (χ0) is 13.3. The summed E-state index contributed by atoms with van der Waals surface area (Å²) in [7, 11) is -2.02. The normalized spacial score (nSPS) is 12.7. The van der Waals surface area contributed by atoms with Crippen molar-refractivity contribution in [2.24, 2.45) is 0 Å². The third-order valence-corrected chi connectivity index (χ3v) is 7.79. The summed E-state index contributed by atoms with van der Waals surface area (Å²) < 4.78 is 12.5. The van der Waals surface area contributed by atoms with Crippen molar-refractivity contribution < 1.29 is 8.85 Å². The summed E-state index contributed by atoms with van der Waals surface area (Å²) in [5.74, 6) is 0. The van der Waals surface area contributed by atoms with Gasteiger partial charge >= 0.3 is 8.56 Å². The first-order chi connectivity index (χ1) is 8.01. The molecule has 0 radical (unpaired) electrons. The monoisotopic (exact) mass is 260 g/mol. The van der Waals surface area contributed by atoms with Crippen LogP contribution in [-0.4, -0.2) is 21.8 Å². The average Bonchev–Trinajstić information content (AvgIpc) is 2.26. The molecule has 0 aromatic heterocycles. The van der Waals surface area contributed by atoms with Crippen molar-refractivity contribution in [3.63, 3.8) is 0 Å². The molecular formula is C14H32O2Si. The van der Waals surface area contributed by atoms with Gasteiger partial charge in [0.2, 0.25) is 0 Å². The van der Waals surface area contributed by atoms with Crippen molar-refractivity contribution in [1.29, 1.82) is 0 Å². The highest BCUT2D eigenvalue weighted by atomic mass is 28.4. The number of hydrogen-bond donors (Lipinski definition) is 0. The maximum absolute atomic E-state index is 6.26. The predicted molar refractivity (Wildman–Crippen MR) is 77.7 cm³/mol. The van der Waals surface area contributed by atoms with Crippen LogP contribution in [0, 0.1) is 0 Å². The smallest absolute Gasteiger partial charge is 0.343 e. The minimum absolute atomic E-state index is 0.524. The van der Waals surface area contributed by atoms with Gasteiger partial charge in [0, 0.05) is 13.2 Å². The number of rotatable bonds is 10. The second-order valence-electron chi connectivity index (χ2n) is 5.43. The highest BCUT2D eigenvalue weighted by molar-refractivity contribution is 6.70. The molecule has 0 bridgehead atoms. The van der Waals surface area contributed by atoms with Gasteiger partial charge in [-0.05, 0) is 23.9 Å². The second kappa shape index (κ2) is 9.12. The van der Waals surface area contributed by atoms with Gasteiger partial charge < -0.3 is 8.85 Å². The maximum atomic E-state index is 6.26. The summed E-state index contributed by atoms with van der Waals surface area (Å²) in [4.78, 5) is 0. The summed E-state index contributed by atoms with van der Waals surface area (Å²) in [6, 6.07) is 0. The van der Waals surface area contributed by atoms with Gasteiger partial charge in [-0.15, -0.1) is 0 Å². The van der Waals surface area contributed by atoms with E-state index in [0.29, 0.717) is 11.1 Å². The SMILES string of the molecule is CCCCO[Si](OCCCC)(C(C)C)C(C)C. The first-order valence-electron chi connectivity index (χ1n) is 7.29. The molecule has 0 spiro atoms. The molecule has 0 aromatic carbocycles. The Morgan fingerprint density at radius 3 is 1.35 bits per heavy atom. The zero-order valence-corrected chi connectivity index (χ0v) is 13.7. The summed E-state index contributed by atoms with van der Waals surface area (Å²) >= 11 is 0. The van der Waals surface area contributed by atoms with E-state index < -0.39 is 8.56 Å². The van der Waals surface area contributed by atoms with E-state index >= 15 is 0 Å². The molecule has 0 saturated carbocycles. The topological polar surface area (TPSA) is 18.5 Å². The molecule has 3 heteroatoms. The van der Waals surface area contributed by atoms with Crippen molar-refractivity contribution in [2.45, 2.75) is 78.3 Å². The highest BCUT2D eigenvalue weighted by Crippen LogP contribution is 2.34. The molecule has 0 aromatic rings. The summed E-state index contributed by atoms with van der Waals surface area (Å²) in [6.45, 7) is 15.2. The molecule has 0 aliphatic heterocycles. The molecule has 0 aliphatic carbocycles. The van der Waals surface area contributed by atoms with Crippen LogP contribution in [0.1, 0.15) is 67.2 Å². The molecule has 2 nitrogen and oxygen atoms in total. The van der Waals surface area contributed by atoms with E-state index in [4.69, 9.17) is 8.85 Å². The fraction of sp³-hybridized carbons (Fsp3) is 1.00. The van der Waals surface area contributed by atoms with Crippen LogP contribution >= 0.6 is 0 Å². The lowest BCUT2D eigenvalue weighted by Crippen LogP contribution is -2.48. The second-order valence-corrected chi connectivity index (χ2v) is 9.76. The number of unbranched alkanes of at least 4 members (excludes halogenated alkanes) is 2. The predicted octanol–water partition coefficient (Wildman–Crippen LogP) is 4.88. The Hall–Kier alpha value is 0.137. The van der Waals surface area contributed by atoms with E-state index in [0.717, 1.165) is 26.1 Å². The van der Waals surface area contributed by atoms with Crippen molar-refractivity contribution in [3.05, 3.63) is 0 Å². The molecule has 17 heavy (non-hydrogen) atoms. The van der Waals surface area contributed by atoms with Gasteiger partial charge in [0.05, 0.1) is 0 Å². The van der Waals surface area contributed by atoms with E-state index in [1.807, 2.05) is 0 Å². The fourth-order valence-corrected chi connectivity index (χ4v) is 5.80. The van der Waals surface area contributed by atoms with Crippen molar-refractivity contribution >= 4 is 8.56 Å². The zero-order valence-electron chi connectivity index (χ0n) is 12.7. The third-order valence-electron chi connectivity index (χ3n) is 3.26. The minimum atomic E-state index is -2.02. The summed E-state index contributed by atoms with van der Waals surface area (Å²) in [6.07, 6.45) is 4.67. The lowest BCUT2D eigenvalue weighted by molar-refractivity contribution is 0.149. The molecule has 0 fully saturated rings. The Morgan fingerprint density at radius 2 is 1.12 bits per heavy atom. The van der Waals surface area contributed by atoms with Crippen LogP contribution in [0.4, 0.5) is 0 Å². The Morgan fingerprint density at radius 1 is 0.765 bits per heavy atom. The summed E-state index contributed by atoms with van der Waals surface area (Å²) in [5.41, 5.74) is 1.05.